The SMILES string of the molecule is COc1cc(Br)cc(/C=N/Nc2nc(-c3cccc([N+](=O)[O-])c3)cs2)c1O. The van der Waals surface area contributed by atoms with Crippen LogP contribution in [0.3, 0.4) is 0 Å². The van der Waals surface area contributed by atoms with Crippen molar-refractivity contribution in [2.75, 3.05) is 12.5 Å². The highest BCUT2D eigenvalue weighted by atomic mass is 79.9. The van der Waals surface area contributed by atoms with Crippen molar-refractivity contribution in [1.82, 2.24) is 4.98 Å². The first kappa shape index (κ1) is 18.8. The summed E-state index contributed by atoms with van der Waals surface area (Å²) < 4.78 is 5.83. The van der Waals surface area contributed by atoms with Gasteiger partial charge in [0.25, 0.3) is 5.69 Å². The van der Waals surface area contributed by atoms with Crippen LogP contribution in [0.15, 0.2) is 51.4 Å². The summed E-state index contributed by atoms with van der Waals surface area (Å²) >= 11 is 4.65. The molecule has 0 amide bonds. The van der Waals surface area contributed by atoms with E-state index in [1.807, 2.05) is 0 Å². The highest BCUT2D eigenvalue weighted by Gasteiger charge is 2.10. The fraction of sp³-hybridized carbons (Fsp3) is 0.0588. The van der Waals surface area contributed by atoms with E-state index in [0.717, 1.165) is 4.47 Å². The summed E-state index contributed by atoms with van der Waals surface area (Å²) in [6, 6.07) is 9.60. The molecule has 0 saturated heterocycles. The van der Waals surface area contributed by atoms with Crippen molar-refractivity contribution in [3.05, 3.63) is 61.9 Å². The Kier molecular flexibility index (Phi) is 5.67. The molecule has 0 atom stereocenters. The fourth-order valence-corrected chi connectivity index (χ4v) is 3.37. The number of nitrogens with zero attached hydrogens (tertiary/aromatic N) is 3. The number of methoxy groups -OCH3 is 1. The Morgan fingerprint density at radius 3 is 2.96 bits per heavy atom. The van der Waals surface area contributed by atoms with Gasteiger partial charge in [0.1, 0.15) is 0 Å². The number of benzene rings is 2. The molecule has 27 heavy (non-hydrogen) atoms. The Hall–Kier alpha value is -2.98. The summed E-state index contributed by atoms with van der Waals surface area (Å²) in [5, 5.41) is 27.3. The van der Waals surface area contributed by atoms with Crippen LogP contribution in [0.1, 0.15) is 5.56 Å². The minimum absolute atomic E-state index is 0.00658. The first-order valence-corrected chi connectivity index (χ1v) is 9.21. The fourth-order valence-electron chi connectivity index (χ4n) is 2.24. The molecule has 0 spiro atoms. The molecule has 0 radical (unpaired) electrons. The molecule has 0 unspecified atom stereocenters. The van der Waals surface area contributed by atoms with Gasteiger partial charge >= 0.3 is 0 Å². The molecule has 0 aliphatic carbocycles. The second kappa shape index (κ2) is 8.14. The maximum absolute atomic E-state index is 10.9. The van der Waals surface area contributed by atoms with E-state index in [1.165, 1.54) is 36.8 Å². The van der Waals surface area contributed by atoms with Crippen LogP contribution in [0.2, 0.25) is 0 Å². The van der Waals surface area contributed by atoms with E-state index in [1.54, 1.807) is 29.6 Å². The van der Waals surface area contributed by atoms with Gasteiger partial charge in [-0.3, -0.25) is 15.5 Å². The number of hydrogen-bond acceptors (Lipinski definition) is 8. The lowest BCUT2D eigenvalue weighted by Crippen LogP contribution is -1.93. The quantitative estimate of drug-likeness (QED) is 0.322. The van der Waals surface area contributed by atoms with Gasteiger partial charge in [0.05, 0.1) is 23.9 Å². The molecule has 0 saturated carbocycles. The number of nitro groups is 1. The lowest BCUT2D eigenvalue weighted by Gasteiger charge is -2.06. The molecule has 1 aromatic heterocycles. The minimum atomic E-state index is -0.446. The number of nitro benzene ring substituents is 1. The van der Waals surface area contributed by atoms with Gasteiger partial charge < -0.3 is 9.84 Å². The van der Waals surface area contributed by atoms with E-state index in [4.69, 9.17) is 4.74 Å². The summed E-state index contributed by atoms with van der Waals surface area (Å²) in [6.07, 6.45) is 1.44. The highest BCUT2D eigenvalue weighted by Crippen LogP contribution is 2.32. The first-order valence-electron chi connectivity index (χ1n) is 7.54. The Morgan fingerprint density at radius 2 is 2.22 bits per heavy atom. The van der Waals surface area contributed by atoms with Crippen molar-refractivity contribution < 1.29 is 14.8 Å². The molecule has 138 valence electrons. The van der Waals surface area contributed by atoms with Crippen molar-refractivity contribution in [3.63, 3.8) is 0 Å². The lowest BCUT2D eigenvalue weighted by atomic mass is 10.1. The third-order valence-corrected chi connectivity index (χ3v) is 4.71. The predicted molar refractivity (Wildman–Crippen MR) is 108 cm³/mol. The van der Waals surface area contributed by atoms with E-state index < -0.39 is 4.92 Å². The topological polar surface area (TPSA) is 110 Å². The Morgan fingerprint density at radius 1 is 1.41 bits per heavy atom. The van der Waals surface area contributed by atoms with Gasteiger partial charge in [-0.25, -0.2) is 4.98 Å². The summed E-state index contributed by atoms with van der Waals surface area (Å²) in [6.45, 7) is 0. The predicted octanol–water partition coefficient (Wildman–Crippen LogP) is 4.64. The van der Waals surface area contributed by atoms with Gasteiger partial charge in [-0.05, 0) is 12.1 Å². The maximum atomic E-state index is 10.9. The largest absolute Gasteiger partial charge is 0.504 e. The number of anilines is 1. The van der Waals surface area contributed by atoms with Crippen LogP contribution in [0, 0.1) is 10.1 Å². The van der Waals surface area contributed by atoms with Gasteiger partial charge in [-0.15, -0.1) is 11.3 Å². The zero-order chi connectivity index (χ0) is 19.4. The number of aromatic hydroxyl groups is 1. The molecule has 1 heterocycles. The van der Waals surface area contributed by atoms with Crippen LogP contribution < -0.4 is 10.2 Å². The van der Waals surface area contributed by atoms with E-state index >= 15 is 0 Å². The average molecular weight is 449 g/mol. The number of hydrazone groups is 1. The van der Waals surface area contributed by atoms with E-state index in [0.29, 0.717) is 27.7 Å². The third-order valence-electron chi connectivity index (χ3n) is 3.51. The van der Waals surface area contributed by atoms with Crippen molar-refractivity contribution in [3.8, 4) is 22.8 Å². The van der Waals surface area contributed by atoms with Crippen LogP contribution >= 0.6 is 27.3 Å². The summed E-state index contributed by atoms with van der Waals surface area (Å²) in [5.74, 6) is 0.302. The molecule has 2 N–H and O–H groups in total. The van der Waals surface area contributed by atoms with E-state index in [-0.39, 0.29) is 11.4 Å². The number of thiazole rings is 1. The van der Waals surface area contributed by atoms with Gasteiger partial charge in [0.15, 0.2) is 11.5 Å². The number of nitrogens with one attached hydrogen (secondary N) is 1. The smallest absolute Gasteiger partial charge is 0.270 e. The summed E-state index contributed by atoms with van der Waals surface area (Å²) in [5.41, 5.74) is 4.50. The molecule has 3 rings (SSSR count). The maximum Gasteiger partial charge on any atom is 0.270 e. The molecule has 8 nitrogen and oxygen atoms in total. The van der Waals surface area contributed by atoms with Crippen molar-refractivity contribution in [2.24, 2.45) is 5.10 Å². The van der Waals surface area contributed by atoms with Crippen LogP contribution in [0.4, 0.5) is 10.8 Å². The van der Waals surface area contributed by atoms with Crippen LogP contribution in [0.25, 0.3) is 11.3 Å². The number of hydrogen-bond donors (Lipinski definition) is 2. The molecular formula is C17H13BrN4O4S. The van der Waals surface area contributed by atoms with Crippen molar-refractivity contribution >= 4 is 44.3 Å². The van der Waals surface area contributed by atoms with Crippen LogP contribution in [-0.4, -0.2) is 28.3 Å². The molecule has 2 aromatic carbocycles. The van der Waals surface area contributed by atoms with Crippen LogP contribution in [-0.2, 0) is 0 Å². The minimum Gasteiger partial charge on any atom is -0.504 e. The number of ether oxygens (including phenoxy) is 1. The normalized spacial score (nSPS) is 10.9. The first-order chi connectivity index (χ1) is 13.0. The van der Waals surface area contributed by atoms with E-state index in [2.05, 4.69) is 31.4 Å². The van der Waals surface area contributed by atoms with Gasteiger partial charge in [0.2, 0.25) is 5.13 Å². The Bertz CT molecular complexity index is 1020. The van der Waals surface area contributed by atoms with Crippen molar-refractivity contribution in [1.29, 1.82) is 0 Å². The van der Waals surface area contributed by atoms with Gasteiger partial charge in [-0.2, -0.15) is 5.10 Å². The standard InChI is InChI=1S/C17H13BrN4O4S/c1-26-15-7-12(18)5-11(16(15)23)8-19-21-17-20-14(9-27-17)10-3-2-4-13(6-10)22(24)25/h2-9,23H,1H3,(H,20,21)/b19-8+. The Balaban J connectivity index is 1.75. The average Bonchev–Trinajstić information content (AvgIpc) is 3.13. The third kappa shape index (κ3) is 4.41. The van der Waals surface area contributed by atoms with Crippen LogP contribution in [0.5, 0.6) is 11.5 Å². The molecule has 0 aliphatic rings. The number of non-ortho nitro benzene ring substituents is 1. The van der Waals surface area contributed by atoms with Gasteiger partial charge in [-0.1, -0.05) is 28.1 Å². The zero-order valence-corrected chi connectivity index (χ0v) is 16.3. The molecule has 0 bridgehead atoms. The lowest BCUT2D eigenvalue weighted by molar-refractivity contribution is -0.384. The highest BCUT2D eigenvalue weighted by molar-refractivity contribution is 9.10. The molecule has 10 heteroatoms. The molecule has 0 fully saturated rings. The Labute approximate surface area is 166 Å². The molecule has 3 aromatic rings. The second-order valence-corrected chi connectivity index (χ2v) is 7.04. The second-order valence-electron chi connectivity index (χ2n) is 5.26. The summed E-state index contributed by atoms with van der Waals surface area (Å²) in [4.78, 5) is 14.8. The number of phenolic OH excluding ortho intramolecular Hbond substituents is 1. The zero-order valence-electron chi connectivity index (χ0n) is 13.9. The number of halogens is 1. The summed E-state index contributed by atoms with van der Waals surface area (Å²) in [7, 11) is 1.46. The number of rotatable bonds is 6. The molecule has 0 aliphatic heterocycles. The number of aromatic nitrogens is 1. The monoisotopic (exact) mass is 448 g/mol. The molecular weight excluding hydrogens is 436 g/mol. The number of phenols is 1. The van der Waals surface area contributed by atoms with E-state index in [9.17, 15) is 15.2 Å². The van der Waals surface area contributed by atoms with Crippen molar-refractivity contribution in [2.45, 2.75) is 0 Å². The van der Waals surface area contributed by atoms with Gasteiger partial charge in [0, 0.05) is 33.1 Å².